The van der Waals surface area contributed by atoms with Crippen molar-refractivity contribution in [1.82, 2.24) is 4.90 Å². The highest BCUT2D eigenvalue weighted by Crippen LogP contribution is 2.22. The van der Waals surface area contributed by atoms with Gasteiger partial charge >= 0.3 is 0 Å². The molecule has 5 nitrogen and oxygen atoms in total. The Labute approximate surface area is 79.0 Å². The molecule has 0 aromatic heterocycles. The summed E-state index contributed by atoms with van der Waals surface area (Å²) in [7, 11) is 3.49. The van der Waals surface area contributed by atoms with Crippen LogP contribution in [0.5, 0.6) is 0 Å². The summed E-state index contributed by atoms with van der Waals surface area (Å²) >= 11 is 0. The van der Waals surface area contributed by atoms with Crippen LogP contribution in [0.3, 0.4) is 0 Å². The number of rotatable bonds is 2. The normalized spacial score (nSPS) is 47.8. The van der Waals surface area contributed by atoms with Crippen LogP contribution >= 0.6 is 0 Å². The Kier molecular flexibility index (Phi) is 2.80. The van der Waals surface area contributed by atoms with E-state index in [1.165, 1.54) is 0 Å². The van der Waals surface area contributed by atoms with Crippen LogP contribution in [0.4, 0.5) is 0 Å². The molecule has 78 valence electrons. The van der Waals surface area contributed by atoms with Gasteiger partial charge in [0.1, 0.15) is 6.10 Å². The zero-order valence-corrected chi connectivity index (χ0v) is 8.04. The number of aliphatic hydroxyl groups is 3. The molecule has 1 saturated heterocycles. The maximum Gasteiger partial charge on any atom is 0.213 e. The molecule has 0 aromatic carbocycles. The summed E-state index contributed by atoms with van der Waals surface area (Å²) in [5, 5.41) is 23.7. The molecule has 0 spiro atoms. The van der Waals surface area contributed by atoms with Gasteiger partial charge in [-0.05, 0) is 21.0 Å². The van der Waals surface area contributed by atoms with E-state index in [1.807, 2.05) is 0 Å². The molecule has 3 N–H and O–H groups in total. The third-order valence-electron chi connectivity index (χ3n) is 2.40. The average Bonchev–Trinajstić information content (AvgIpc) is 2.11. The summed E-state index contributed by atoms with van der Waals surface area (Å²) < 4.78 is 11.8. The molecule has 1 aliphatic rings. The summed E-state index contributed by atoms with van der Waals surface area (Å²) in [6, 6.07) is -0.478. The smallest absolute Gasteiger partial charge is 0.213 e. The number of aliphatic hydroxyl groups excluding tert-OH is 3. The lowest BCUT2D eigenvalue weighted by molar-refractivity contribution is -0.263. The van der Waals surface area contributed by atoms with Crippen LogP contribution in [-0.4, -0.2) is 66.4 Å². The number of ether oxygens (including phenoxy) is 1. The van der Waals surface area contributed by atoms with Crippen LogP contribution in [0.2, 0.25) is 0 Å². The lowest BCUT2D eigenvalue weighted by Crippen LogP contribution is -2.61. The fourth-order valence-corrected chi connectivity index (χ4v) is 1.62. The first kappa shape index (κ1) is 9.36. The van der Waals surface area contributed by atoms with Gasteiger partial charge in [-0.15, -0.1) is 0 Å². The van der Waals surface area contributed by atoms with Gasteiger partial charge < -0.3 is 25.0 Å². The summed E-state index contributed by atoms with van der Waals surface area (Å²) in [6.45, 7) is 1.68. The lowest BCUT2D eigenvalue weighted by atomic mass is 9.96. The third kappa shape index (κ3) is 2.00. The summed E-state index contributed by atoms with van der Waals surface area (Å²) in [6.07, 6.45) is -3.26. The number of likely N-dealkylation sites (N-methyl/N-ethyl adjacent to an activating group) is 1. The highest BCUT2D eigenvalue weighted by atomic mass is 16.6. The molecule has 1 aliphatic heterocycles. The Morgan fingerprint density at radius 3 is 2.38 bits per heavy atom. The van der Waals surface area contributed by atoms with Gasteiger partial charge in [0, 0.05) is 0 Å². The third-order valence-corrected chi connectivity index (χ3v) is 2.40. The lowest BCUT2D eigenvalue weighted by Gasteiger charge is -2.42. The van der Waals surface area contributed by atoms with E-state index < -0.39 is 30.6 Å². The predicted octanol–water partition coefficient (Wildman–Crippen LogP) is -1.62. The van der Waals surface area contributed by atoms with E-state index in [1.54, 1.807) is 25.9 Å². The molecular weight excluding hydrogens is 174 g/mol. The largest absolute Gasteiger partial charge is 0.389 e. The molecule has 0 aromatic rings. The van der Waals surface area contributed by atoms with Crippen LogP contribution < -0.4 is 0 Å². The first-order chi connectivity index (χ1) is 6.49. The molecular formula is C8H17NO4. The van der Waals surface area contributed by atoms with Crippen molar-refractivity contribution in [2.24, 2.45) is 0 Å². The van der Waals surface area contributed by atoms with Crippen LogP contribution in [0, 0.1) is 0 Å². The van der Waals surface area contributed by atoms with Crippen molar-refractivity contribution in [3.05, 3.63) is 0 Å². The monoisotopic (exact) mass is 193 g/mol. The summed E-state index contributed by atoms with van der Waals surface area (Å²) in [5.41, 5.74) is 0. The molecule has 1 heterocycles. The molecule has 5 atom stereocenters. The van der Waals surface area contributed by atoms with E-state index in [0.29, 0.717) is 0 Å². The Balaban J connectivity index is 2.78. The molecule has 5 heteroatoms. The van der Waals surface area contributed by atoms with Gasteiger partial charge in [-0.2, -0.15) is 0 Å². The van der Waals surface area contributed by atoms with Gasteiger partial charge in [-0.3, -0.25) is 0 Å². The standard InChI is InChI=1S/C8H17NO4/c1-4-6(10)5(9(2)3)7(11)8(12)13-4/h4-8,10-12H,1-3H3/i12T. The minimum absolute atomic E-state index is 0.457. The van der Waals surface area contributed by atoms with Gasteiger partial charge in [0.05, 0.1) is 18.2 Å². The second-order valence-corrected chi connectivity index (χ2v) is 3.64. The Morgan fingerprint density at radius 1 is 1.31 bits per heavy atom. The van der Waals surface area contributed by atoms with Gasteiger partial charge in [-0.25, -0.2) is 0 Å². The minimum atomic E-state index is -1.02. The molecule has 13 heavy (non-hydrogen) atoms. The van der Waals surface area contributed by atoms with Crippen molar-refractivity contribution in [2.75, 3.05) is 14.1 Å². The quantitative estimate of drug-likeness (QED) is 0.491. The average molecular weight is 193 g/mol. The van der Waals surface area contributed by atoms with Crippen molar-refractivity contribution in [3.8, 4) is 0 Å². The van der Waals surface area contributed by atoms with E-state index in [-0.39, 0.29) is 0 Å². The molecule has 0 saturated carbocycles. The molecule has 0 radical (unpaired) electrons. The molecule has 0 bridgehead atoms. The Hall–Kier alpha value is -0.200. The molecule has 0 aliphatic carbocycles. The first-order valence-electron chi connectivity index (χ1n) is 4.70. The zero-order chi connectivity index (χ0) is 10.9. The first-order valence-corrected chi connectivity index (χ1v) is 4.29. The van der Waals surface area contributed by atoms with E-state index in [9.17, 15) is 10.2 Å². The highest BCUT2D eigenvalue weighted by Gasteiger charge is 2.42. The molecule has 1 rings (SSSR count). The van der Waals surface area contributed by atoms with Gasteiger partial charge in [-0.1, -0.05) is 0 Å². The summed E-state index contributed by atoms with van der Waals surface area (Å²) in [4.78, 5) is 1.69. The maximum absolute atomic E-state index is 9.75. The molecule has 1 fully saturated rings. The number of nitrogens with zero attached hydrogens (tertiary/aromatic N) is 1. The van der Waals surface area contributed by atoms with Crippen molar-refractivity contribution in [1.29, 1.82) is 1.43 Å². The minimum Gasteiger partial charge on any atom is -0.389 e. The van der Waals surface area contributed by atoms with Crippen LogP contribution in [0.15, 0.2) is 0 Å². The Morgan fingerprint density at radius 2 is 1.92 bits per heavy atom. The second-order valence-electron chi connectivity index (χ2n) is 3.64. The fraction of sp³-hybridized carbons (Fsp3) is 1.00. The maximum atomic E-state index is 9.75. The van der Waals surface area contributed by atoms with Crippen LogP contribution in [-0.2, 0) is 4.74 Å². The van der Waals surface area contributed by atoms with E-state index in [4.69, 9.17) is 6.17 Å². The van der Waals surface area contributed by atoms with Crippen molar-refractivity contribution >= 4 is 0 Å². The van der Waals surface area contributed by atoms with Crippen molar-refractivity contribution < 1.29 is 20.1 Å². The fourth-order valence-electron chi connectivity index (χ4n) is 1.62. The number of hydrogen-bond acceptors (Lipinski definition) is 5. The van der Waals surface area contributed by atoms with Gasteiger partial charge in [0.2, 0.25) is 1.43 Å². The molecule has 0 amide bonds. The second kappa shape index (κ2) is 3.89. The van der Waals surface area contributed by atoms with Crippen molar-refractivity contribution in [3.63, 3.8) is 0 Å². The van der Waals surface area contributed by atoms with Crippen molar-refractivity contribution in [2.45, 2.75) is 37.6 Å². The Bertz CT molecular complexity index is 192. The van der Waals surface area contributed by atoms with E-state index in [0.717, 1.165) is 0 Å². The topological polar surface area (TPSA) is 73.2 Å². The summed E-state index contributed by atoms with van der Waals surface area (Å²) in [5.74, 6) is 0. The number of hydrogen-bond donors (Lipinski definition) is 3. The molecule has 5 unspecified atom stereocenters. The SMILES string of the molecule is [3H]OC1OC(C)C(O)C(N(C)C)C1O. The van der Waals surface area contributed by atoms with E-state index >= 15 is 0 Å². The van der Waals surface area contributed by atoms with Gasteiger partial charge in [0.15, 0.2) is 6.29 Å². The highest BCUT2D eigenvalue weighted by molar-refractivity contribution is 4.91. The van der Waals surface area contributed by atoms with E-state index in [2.05, 4.69) is 5.11 Å². The predicted molar refractivity (Wildman–Crippen MR) is 46.0 cm³/mol. The zero-order valence-electron chi connectivity index (χ0n) is 9.04. The van der Waals surface area contributed by atoms with Gasteiger partial charge in [0.25, 0.3) is 0 Å². The van der Waals surface area contributed by atoms with Crippen LogP contribution in [0.1, 0.15) is 6.92 Å². The van der Waals surface area contributed by atoms with Crippen LogP contribution in [0.25, 0.3) is 0 Å².